The zero-order valence-electron chi connectivity index (χ0n) is 14.4. The highest BCUT2D eigenvalue weighted by atomic mass is 16.7. The molecule has 134 valence electrons. The topological polar surface area (TPSA) is 79.5 Å². The maximum Gasteiger partial charge on any atom is 0.338 e. The van der Waals surface area contributed by atoms with Gasteiger partial charge < -0.3 is 9.47 Å². The zero-order valence-corrected chi connectivity index (χ0v) is 14.4. The Balaban J connectivity index is 1.79. The number of carbonyl (C=O) groups is 1. The van der Waals surface area contributed by atoms with Crippen molar-refractivity contribution in [2.45, 2.75) is 51.5 Å². The summed E-state index contributed by atoms with van der Waals surface area (Å²) in [5.74, 6) is -1.17. The van der Waals surface area contributed by atoms with Gasteiger partial charge in [-0.2, -0.15) is 4.57 Å². The first-order valence-corrected chi connectivity index (χ1v) is 8.42. The Morgan fingerprint density at radius 2 is 2.16 bits per heavy atom. The normalized spacial score (nSPS) is 22.0. The maximum atomic E-state index is 12.6. The maximum absolute atomic E-state index is 12.6. The molecule has 0 bridgehead atoms. The van der Waals surface area contributed by atoms with E-state index in [4.69, 9.17) is 9.47 Å². The summed E-state index contributed by atoms with van der Waals surface area (Å²) in [5, 5.41) is 0. The first kappa shape index (κ1) is 17.6. The molecule has 7 nitrogen and oxygen atoms in total. The van der Waals surface area contributed by atoms with Gasteiger partial charge in [-0.3, -0.25) is 14.2 Å². The monoisotopic (exact) mass is 346 g/mol. The molecule has 1 aliphatic carbocycles. The van der Waals surface area contributed by atoms with Gasteiger partial charge in [-0.25, -0.2) is 4.79 Å². The molecule has 0 aromatic carbocycles. The number of rotatable bonds is 4. The third-order valence-corrected chi connectivity index (χ3v) is 4.31. The van der Waals surface area contributed by atoms with E-state index in [2.05, 4.69) is 0 Å². The second-order valence-corrected chi connectivity index (χ2v) is 6.67. The Hall–Kier alpha value is -2.25. The van der Waals surface area contributed by atoms with E-state index in [1.54, 1.807) is 12.2 Å². The largest absolute Gasteiger partial charge is 0.348 e. The van der Waals surface area contributed by atoms with Gasteiger partial charge >= 0.3 is 5.69 Å². The smallest absolute Gasteiger partial charge is 0.338 e. The molecule has 25 heavy (non-hydrogen) atoms. The minimum Gasteiger partial charge on any atom is -0.348 e. The van der Waals surface area contributed by atoms with Crippen LogP contribution in [0.3, 0.4) is 0 Å². The van der Waals surface area contributed by atoms with Crippen LogP contribution in [0.4, 0.5) is 0 Å². The van der Waals surface area contributed by atoms with E-state index < -0.39 is 22.9 Å². The van der Waals surface area contributed by atoms with Gasteiger partial charge in [-0.1, -0.05) is 18.2 Å². The Morgan fingerprint density at radius 3 is 2.80 bits per heavy atom. The summed E-state index contributed by atoms with van der Waals surface area (Å²) in [7, 11) is 0. The van der Waals surface area contributed by atoms with Crippen LogP contribution in [0.1, 0.15) is 37.9 Å². The first-order chi connectivity index (χ1) is 11.9. The quantitative estimate of drug-likeness (QED) is 0.825. The summed E-state index contributed by atoms with van der Waals surface area (Å²) >= 11 is 0. The van der Waals surface area contributed by atoms with E-state index in [1.165, 1.54) is 16.8 Å². The molecule has 0 amide bonds. The predicted molar refractivity (Wildman–Crippen MR) is 91.6 cm³/mol. The molecule has 0 radical (unpaired) electrons. The van der Waals surface area contributed by atoms with Gasteiger partial charge in [0.2, 0.25) is 0 Å². The second-order valence-electron chi connectivity index (χ2n) is 6.67. The number of allylic oxidation sites excluding steroid dienone is 4. The lowest BCUT2D eigenvalue weighted by Gasteiger charge is -2.17. The number of carbonyl (C=O) groups excluding carboxylic acids is 1. The summed E-state index contributed by atoms with van der Waals surface area (Å²) < 4.78 is 13.3. The minimum absolute atomic E-state index is 0.121. The van der Waals surface area contributed by atoms with Gasteiger partial charge in [0.15, 0.2) is 5.79 Å². The molecule has 7 heteroatoms. The third kappa shape index (κ3) is 3.88. The number of hydrogen-bond donors (Lipinski definition) is 0. The summed E-state index contributed by atoms with van der Waals surface area (Å²) in [4.78, 5) is 37.2. The molecule has 0 saturated carbocycles. The summed E-state index contributed by atoms with van der Waals surface area (Å²) in [5.41, 5.74) is -0.761. The minimum atomic E-state index is -0.620. The Labute approximate surface area is 145 Å². The molecule has 2 heterocycles. The van der Waals surface area contributed by atoms with Crippen molar-refractivity contribution < 1.29 is 14.3 Å². The fraction of sp³-hybridized carbons (Fsp3) is 0.500. The molecule has 3 rings (SSSR count). The van der Waals surface area contributed by atoms with Crippen molar-refractivity contribution in [2.75, 3.05) is 6.61 Å². The van der Waals surface area contributed by atoms with Gasteiger partial charge in [-0.05, 0) is 33.1 Å². The molecule has 1 aromatic rings. The lowest BCUT2D eigenvalue weighted by atomic mass is 10.0. The van der Waals surface area contributed by atoms with E-state index in [9.17, 15) is 14.4 Å². The van der Waals surface area contributed by atoms with Crippen LogP contribution in [0.5, 0.6) is 0 Å². The van der Waals surface area contributed by atoms with E-state index >= 15 is 0 Å². The Bertz CT molecular complexity index is 844. The highest BCUT2D eigenvalue weighted by molar-refractivity contribution is 5.95. The van der Waals surface area contributed by atoms with Crippen LogP contribution in [-0.2, 0) is 16.0 Å². The molecule has 1 atom stereocenters. The van der Waals surface area contributed by atoms with Gasteiger partial charge in [0.1, 0.15) is 0 Å². The Morgan fingerprint density at radius 1 is 1.36 bits per heavy atom. The number of hydrogen-bond acceptors (Lipinski definition) is 5. The van der Waals surface area contributed by atoms with E-state index in [1.807, 2.05) is 19.9 Å². The van der Waals surface area contributed by atoms with Crippen LogP contribution in [0.25, 0.3) is 0 Å². The van der Waals surface area contributed by atoms with Gasteiger partial charge in [0.25, 0.3) is 11.5 Å². The van der Waals surface area contributed by atoms with Crippen molar-refractivity contribution in [1.29, 1.82) is 0 Å². The fourth-order valence-corrected chi connectivity index (χ4v) is 2.98. The fourth-order valence-electron chi connectivity index (χ4n) is 2.98. The Kier molecular flexibility index (Phi) is 4.87. The van der Waals surface area contributed by atoms with Crippen molar-refractivity contribution in [3.8, 4) is 0 Å². The average Bonchev–Trinajstić information content (AvgIpc) is 2.94. The summed E-state index contributed by atoms with van der Waals surface area (Å²) in [6, 6.07) is 1.24. The second kappa shape index (κ2) is 6.93. The molecule has 1 aromatic heterocycles. The van der Waals surface area contributed by atoms with Crippen LogP contribution in [0.2, 0.25) is 0 Å². The molecular formula is C18H22N2O5. The molecule has 1 aliphatic heterocycles. The van der Waals surface area contributed by atoms with Crippen molar-refractivity contribution in [1.82, 2.24) is 9.13 Å². The number of ether oxygens (including phenoxy) is 2. The van der Waals surface area contributed by atoms with Crippen molar-refractivity contribution in [3.05, 3.63) is 56.9 Å². The summed E-state index contributed by atoms with van der Waals surface area (Å²) in [6.45, 7) is 4.48. The molecule has 0 N–H and O–H groups in total. The first-order valence-electron chi connectivity index (χ1n) is 8.42. The molecule has 1 saturated heterocycles. The highest BCUT2D eigenvalue weighted by Gasteiger charge is 2.32. The lowest BCUT2D eigenvalue weighted by Crippen LogP contribution is -2.43. The molecule has 0 spiro atoms. The lowest BCUT2D eigenvalue weighted by molar-refractivity contribution is -0.139. The number of nitrogens with zero attached hydrogens (tertiary/aromatic N) is 2. The molecule has 2 aliphatic rings. The average molecular weight is 346 g/mol. The third-order valence-electron chi connectivity index (χ3n) is 4.31. The van der Waals surface area contributed by atoms with E-state index in [-0.39, 0.29) is 6.10 Å². The van der Waals surface area contributed by atoms with Crippen molar-refractivity contribution >= 4 is 5.91 Å². The van der Waals surface area contributed by atoms with Crippen molar-refractivity contribution in [2.24, 2.45) is 0 Å². The van der Waals surface area contributed by atoms with Crippen LogP contribution < -0.4 is 11.2 Å². The SMILES string of the molecule is CC1(C)OC[C@H](CCn2ccc(=O)n(C(=O)C3=CC=CCC3)c2=O)O1. The number of aromatic nitrogens is 2. The standard InChI is InChI=1S/C18H22N2O5/c1-18(2)24-12-14(25-18)8-10-19-11-9-15(21)20(17(19)23)16(22)13-6-4-3-5-7-13/h3-4,6,9,11,14H,5,7-8,10,12H2,1-2H3/t14-/m0/s1. The van der Waals surface area contributed by atoms with Gasteiger partial charge in [-0.15, -0.1) is 0 Å². The summed E-state index contributed by atoms with van der Waals surface area (Å²) in [6.07, 6.45) is 8.47. The predicted octanol–water partition coefficient (Wildman–Crippen LogP) is 1.47. The van der Waals surface area contributed by atoms with E-state index in [0.29, 0.717) is 36.1 Å². The van der Waals surface area contributed by atoms with Crippen LogP contribution >= 0.6 is 0 Å². The molecular weight excluding hydrogens is 324 g/mol. The van der Waals surface area contributed by atoms with Crippen LogP contribution in [0, 0.1) is 0 Å². The van der Waals surface area contributed by atoms with Crippen molar-refractivity contribution in [3.63, 3.8) is 0 Å². The van der Waals surface area contributed by atoms with Crippen LogP contribution in [-0.4, -0.2) is 33.5 Å². The van der Waals surface area contributed by atoms with Gasteiger partial charge in [0, 0.05) is 24.4 Å². The van der Waals surface area contributed by atoms with Crippen LogP contribution in [0.15, 0.2) is 45.7 Å². The molecule has 0 unspecified atom stereocenters. The van der Waals surface area contributed by atoms with Gasteiger partial charge in [0.05, 0.1) is 12.7 Å². The molecule has 1 fully saturated rings. The number of aryl methyl sites for hydroxylation is 1. The van der Waals surface area contributed by atoms with E-state index in [0.717, 1.165) is 6.42 Å². The zero-order chi connectivity index (χ0) is 18.0. The highest BCUT2D eigenvalue weighted by Crippen LogP contribution is 2.24.